The maximum Gasteiger partial charge on any atom is 0.137 e. The zero-order chi connectivity index (χ0) is 23.4. The molecule has 0 aliphatic carbocycles. The monoisotopic (exact) mass is 518 g/mol. The first-order valence-corrected chi connectivity index (χ1v) is 13.5. The Morgan fingerprint density at radius 1 is 1.12 bits per heavy atom. The van der Waals surface area contributed by atoms with E-state index in [2.05, 4.69) is 39.2 Å². The van der Waals surface area contributed by atoms with Crippen molar-refractivity contribution in [1.29, 1.82) is 0 Å². The van der Waals surface area contributed by atoms with Gasteiger partial charge in [-0.05, 0) is 42.7 Å². The smallest absolute Gasteiger partial charge is 0.137 e. The molecule has 3 aromatic rings. The topological polar surface area (TPSA) is 52.4 Å². The van der Waals surface area contributed by atoms with Gasteiger partial charge in [-0.15, -0.1) is 0 Å². The highest BCUT2D eigenvalue weighted by Gasteiger charge is 2.44. The third-order valence-corrected chi connectivity index (χ3v) is 7.93. The number of halogens is 2. The van der Waals surface area contributed by atoms with Gasteiger partial charge in [0.25, 0.3) is 0 Å². The molecule has 0 amide bonds. The second-order valence-corrected chi connectivity index (χ2v) is 10.9. The number of rotatable bonds is 8. The molecule has 9 heteroatoms. The number of hydrogen-bond acceptors (Lipinski definition) is 6. The molecule has 2 fully saturated rings. The Balaban J connectivity index is 1.23. The van der Waals surface area contributed by atoms with Crippen molar-refractivity contribution in [2.24, 2.45) is 0 Å². The van der Waals surface area contributed by atoms with Gasteiger partial charge in [0.1, 0.15) is 30.6 Å². The minimum absolute atomic E-state index is 0.0548. The second-order valence-electron chi connectivity index (χ2n) is 8.83. The van der Waals surface area contributed by atoms with Gasteiger partial charge in [0.05, 0.1) is 12.6 Å². The van der Waals surface area contributed by atoms with Gasteiger partial charge >= 0.3 is 0 Å². The van der Waals surface area contributed by atoms with Crippen molar-refractivity contribution in [2.45, 2.75) is 37.6 Å². The molecule has 2 aliphatic heterocycles. The lowest BCUT2D eigenvalue weighted by molar-refractivity contribution is -0.0715. The van der Waals surface area contributed by atoms with Gasteiger partial charge in [-0.1, -0.05) is 41.4 Å². The van der Waals surface area contributed by atoms with E-state index in [-0.39, 0.29) is 6.10 Å². The van der Waals surface area contributed by atoms with Crippen molar-refractivity contribution < 1.29 is 9.47 Å². The van der Waals surface area contributed by atoms with E-state index in [4.69, 9.17) is 32.7 Å². The Morgan fingerprint density at radius 3 is 2.68 bits per heavy atom. The van der Waals surface area contributed by atoms with E-state index in [0.29, 0.717) is 23.2 Å². The van der Waals surface area contributed by atoms with Gasteiger partial charge in [-0.3, -0.25) is 4.90 Å². The van der Waals surface area contributed by atoms with Crippen molar-refractivity contribution in [3.63, 3.8) is 0 Å². The van der Waals surface area contributed by atoms with E-state index < -0.39 is 5.60 Å². The van der Waals surface area contributed by atoms with Gasteiger partial charge in [-0.25, -0.2) is 9.67 Å². The lowest BCUT2D eigenvalue weighted by atomic mass is 9.90. The standard InChI is InChI=1S/C25H28Cl2N4O2S/c26-20-3-6-23(24(27)13-20)25(16-31-18-28-17-29-31)8-7-22(33-25)15-32-21-4-1-19(2-5-21)14-30-9-11-34-12-10-30/h1-6,13,17-18,22H,7-12,14-16H2/t22-,25+/m1/s1. The predicted molar refractivity (Wildman–Crippen MR) is 137 cm³/mol. The van der Waals surface area contributed by atoms with E-state index in [0.717, 1.165) is 43.8 Å². The lowest BCUT2D eigenvalue weighted by Crippen LogP contribution is -2.34. The van der Waals surface area contributed by atoms with Crippen LogP contribution in [0, 0.1) is 0 Å². The molecule has 5 rings (SSSR count). The Morgan fingerprint density at radius 2 is 1.94 bits per heavy atom. The maximum atomic E-state index is 6.63. The summed E-state index contributed by atoms with van der Waals surface area (Å²) in [5, 5.41) is 5.48. The van der Waals surface area contributed by atoms with E-state index in [1.54, 1.807) is 17.1 Å². The highest BCUT2D eigenvalue weighted by Crippen LogP contribution is 2.44. The fraction of sp³-hybridized carbons (Fsp3) is 0.440. The second kappa shape index (κ2) is 10.9. The molecule has 0 spiro atoms. The Labute approximate surface area is 214 Å². The van der Waals surface area contributed by atoms with Crippen molar-refractivity contribution in [3.05, 3.63) is 76.3 Å². The van der Waals surface area contributed by atoms with Crippen LogP contribution >= 0.6 is 35.0 Å². The molecule has 0 bridgehead atoms. The molecule has 0 N–H and O–H groups in total. The molecular weight excluding hydrogens is 491 g/mol. The van der Waals surface area contributed by atoms with Gasteiger partial charge in [0, 0.05) is 46.7 Å². The van der Waals surface area contributed by atoms with E-state index >= 15 is 0 Å². The van der Waals surface area contributed by atoms with Gasteiger partial charge in [0.15, 0.2) is 0 Å². The quantitative estimate of drug-likeness (QED) is 0.403. The summed E-state index contributed by atoms with van der Waals surface area (Å²) in [4.78, 5) is 6.59. The highest BCUT2D eigenvalue weighted by atomic mass is 35.5. The summed E-state index contributed by atoms with van der Waals surface area (Å²) in [6.45, 7) is 4.33. The van der Waals surface area contributed by atoms with Crippen molar-refractivity contribution in [3.8, 4) is 5.75 Å². The van der Waals surface area contributed by atoms with Crippen molar-refractivity contribution in [1.82, 2.24) is 19.7 Å². The average Bonchev–Trinajstić information content (AvgIpc) is 3.50. The van der Waals surface area contributed by atoms with Gasteiger partial charge in [-0.2, -0.15) is 16.9 Å². The minimum Gasteiger partial charge on any atom is -0.491 e. The summed E-state index contributed by atoms with van der Waals surface area (Å²) in [6, 6.07) is 14.0. The Bertz CT molecular complexity index is 1080. The summed E-state index contributed by atoms with van der Waals surface area (Å²) < 4.78 is 14.5. The molecule has 6 nitrogen and oxygen atoms in total. The predicted octanol–water partition coefficient (Wildman–Crippen LogP) is 5.29. The number of ether oxygens (including phenoxy) is 2. The molecule has 0 radical (unpaired) electrons. The molecule has 3 heterocycles. The van der Waals surface area contributed by atoms with Crippen LogP contribution in [0.2, 0.25) is 10.0 Å². The van der Waals surface area contributed by atoms with Crippen LogP contribution < -0.4 is 4.74 Å². The largest absolute Gasteiger partial charge is 0.491 e. The summed E-state index contributed by atoms with van der Waals surface area (Å²) in [6.07, 6.45) is 4.83. The van der Waals surface area contributed by atoms with Crippen molar-refractivity contribution >= 4 is 35.0 Å². The molecule has 0 saturated carbocycles. The fourth-order valence-corrected chi connectivity index (χ4v) is 6.24. The third kappa shape index (κ3) is 5.71. The molecule has 2 aromatic carbocycles. The first-order chi connectivity index (χ1) is 16.6. The van der Waals surface area contributed by atoms with Crippen LogP contribution in [0.4, 0.5) is 0 Å². The Kier molecular flexibility index (Phi) is 7.66. The zero-order valence-electron chi connectivity index (χ0n) is 18.9. The number of thioether (sulfide) groups is 1. The number of benzene rings is 2. The minimum atomic E-state index is -0.611. The van der Waals surface area contributed by atoms with Crippen LogP contribution in [0.5, 0.6) is 5.75 Å². The first-order valence-electron chi connectivity index (χ1n) is 11.6. The summed E-state index contributed by atoms with van der Waals surface area (Å²) in [5.74, 6) is 3.31. The van der Waals surface area contributed by atoms with Crippen LogP contribution in [-0.4, -0.2) is 57.0 Å². The average molecular weight is 519 g/mol. The summed E-state index contributed by atoms with van der Waals surface area (Å²) >= 11 is 14.8. The summed E-state index contributed by atoms with van der Waals surface area (Å²) in [5.41, 5.74) is 1.62. The van der Waals surface area contributed by atoms with Crippen LogP contribution in [-0.2, 0) is 23.4 Å². The van der Waals surface area contributed by atoms with Crippen LogP contribution in [0.25, 0.3) is 0 Å². The molecular formula is C25H28Cl2N4O2S. The SMILES string of the molecule is Clc1ccc([C@@]2(Cn3cncn3)CC[C@H](COc3ccc(CN4CCSCC4)cc3)O2)c(Cl)c1. The van der Waals surface area contributed by atoms with E-state index in [1.165, 1.54) is 23.4 Å². The lowest BCUT2D eigenvalue weighted by Gasteiger charge is -2.31. The van der Waals surface area contributed by atoms with Crippen molar-refractivity contribution in [2.75, 3.05) is 31.2 Å². The number of hydrogen-bond donors (Lipinski definition) is 0. The molecule has 180 valence electrons. The van der Waals surface area contributed by atoms with Crippen LogP contribution in [0.1, 0.15) is 24.0 Å². The molecule has 2 atom stereocenters. The maximum absolute atomic E-state index is 6.63. The zero-order valence-corrected chi connectivity index (χ0v) is 21.2. The first kappa shape index (κ1) is 23.9. The van der Waals surface area contributed by atoms with E-state index in [1.807, 2.05) is 23.9 Å². The molecule has 1 aromatic heterocycles. The van der Waals surface area contributed by atoms with E-state index in [9.17, 15) is 0 Å². The van der Waals surface area contributed by atoms with Crippen LogP contribution in [0.15, 0.2) is 55.1 Å². The normalized spacial score (nSPS) is 23.3. The number of aromatic nitrogens is 3. The van der Waals surface area contributed by atoms with Gasteiger partial charge < -0.3 is 9.47 Å². The Hall–Kier alpha value is -1.77. The highest BCUT2D eigenvalue weighted by molar-refractivity contribution is 7.99. The fourth-order valence-electron chi connectivity index (χ4n) is 4.68. The number of nitrogens with zero attached hydrogens (tertiary/aromatic N) is 4. The summed E-state index contributed by atoms with van der Waals surface area (Å²) in [7, 11) is 0. The van der Waals surface area contributed by atoms with Gasteiger partial charge in [0.2, 0.25) is 0 Å². The molecule has 0 unspecified atom stereocenters. The van der Waals surface area contributed by atoms with Crippen LogP contribution in [0.3, 0.4) is 0 Å². The molecule has 2 aliphatic rings. The molecule has 2 saturated heterocycles. The molecule has 34 heavy (non-hydrogen) atoms. The third-order valence-electron chi connectivity index (χ3n) is 6.44.